The summed E-state index contributed by atoms with van der Waals surface area (Å²) in [5, 5.41) is 1.34. The molecule has 1 nitrogen and oxygen atoms in total. The van der Waals surface area contributed by atoms with Gasteiger partial charge in [-0.1, -0.05) is 60.1 Å². The summed E-state index contributed by atoms with van der Waals surface area (Å²) in [5.41, 5.74) is 1.27. The maximum atomic E-state index is 6.25. The van der Waals surface area contributed by atoms with E-state index in [4.69, 9.17) is 4.43 Å². The van der Waals surface area contributed by atoms with Crippen LogP contribution in [-0.2, 0) is 11.0 Å². The van der Waals surface area contributed by atoms with Crippen LogP contribution in [0.3, 0.4) is 0 Å². The van der Waals surface area contributed by atoms with Crippen LogP contribution in [0.5, 0.6) is 0 Å². The fraction of sp³-hybridized carbons (Fsp3) is 0.571. The normalized spacial score (nSPS) is 12.8. The molecule has 0 aliphatic carbocycles. The van der Waals surface area contributed by atoms with Gasteiger partial charge in [0.1, 0.15) is 0 Å². The van der Waals surface area contributed by atoms with Crippen LogP contribution in [0.1, 0.15) is 25.8 Å². The van der Waals surface area contributed by atoms with Crippen molar-refractivity contribution in [1.82, 2.24) is 0 Å². The van der Waals surface area contributed by atoms with E-state index in [0.717, 1.165) is 11.9 Å². The molecule has 0 atom stereocenters. The van der Waals surface area contributed by atoms with Gasteiger partial charge in [-0.3, -0.25) is 0 Å². The molecule has 17 heavy (non-hydrogen) atoms. The van der Waals surface area contributed by atoms with Crippen LogP contribution in [0.25, 0.3) is 0 Å². The first-order chi connectivity index (χ1) is 7.89. The van der Waals surface area contributed by atoms with E-state index in [1.165, 1.54) is 12.0 Å². The first-order valence-corrected chi connectivity index (χ1v) is 10.2. The van der Waals surface area contributed by atoms with E-state index in [1.54, 1.807) is 0 Å². The van der Waals surface area contributed by atoms with Gasteiger partial charge in [-0.05, 0) is 30.1 Å². The highest BCUT2D eigenvalue weighted by molar-refractivity contribution is 9.09. The smallest absolute Gasteiger partial charge is 0.192 e. The van der Waals surface area contributed by atoms with Gasteiger partial charge in [-0.25, -0.2) is 0 Å². The fourth-order valence-corrected chi connectivity index (χ4v) is 4.57. The first kappa shape index (κ1) is 14.9. The molecule has 0 bridgehead atoms. The number of rotatable bonds is 6. The molecule has 0 N–H and O–H groups in total. The van der Waals surface area contributed by atoms with Crippen molar-refractivity contribution >= 4 is 24.2 Å². The van der Waals surface area contributed by atoms with Crippen molar-refractivity contribution in [3.8, 4) is 0 Å². The van der Waals surface area contributed by atoms with Gasteiger partial charge in [-0.15, -0.1) is 0 Å². The van der Waals surface area contributed by atoms with Crippen molar-refractivity contribution in [3.05, 3.63) is 35.9 Å². The van der Waals surface area contributed by atoms with Gasteiger partial charge in [0.25, 0.3) is 0 Å². The fourth-order valence-electron chi connectivity index (χ4n) is 1.57. The van der Waals surface area contributed by atoms with Crippen molar-refractivity contribution in [3.63, 3.8) is 0 Å². The predicted octanol–water partition coefficient (Wildman–Crippen LogP) is 4.97. The van der Waals surface area contributed by atoms with E-state index >= 15 is 0 Å². The lowest BCUT2D eigenvalue weighted by atomic mass is 10.1. The van der Waals surface area contributed by atoms with Crippen molar-refractivity contribution in [2.45, 2.75) is 45.0 Å². The molecular weight excluding hydrogens is 292 g/mol. The molecule has 0 unspecified atom stereocenters. The predicted molar refractivity (Wildman–Crippen MR) is 81.2 cm³/mol. The van der Waals surface area contributed by atoms with Gasteiger partial charge in [0, 0.05) is 5.33 Å². The van der Waals surface area contributed by atoms with Gasteiger partial charge in [-0.2, -0.15) is 0 Å². The average molecular weight is 315 g/mol. The molecule has 0 radical (unpaired) electrons. The topological polar surface area (TPSA) is 9.23 Å². The molecule has 0 heterocycles. The second-order valence-electron chi connectivity index (χ2n) is 5.61. The van der Waals surface area contributed by atoms with Crippen molar-refractivity contribution in [2.24, 2.45) is 0 Å². The monoisotopic (exact) mass is 314 g/mol. The zero-order valence-corrected chi connectivity index (χ0v) is 13.9. The molecule has 1 aromatic carbocycles. The molecule has 0 saturated heterocycles. The Morgan fingerprint density at radius 2 is 1.76 bits per heavy atom. The second kappa shape index (κ2) is 6.16. The van der Waals surface area contributed by atoms with Crippen molar-refractivity contribution in [2.75, 3.05) is 5.33 Å². The summed E-state index contributed by atoms with van der Waals surface area (Å²) in [6, 6.07) is 10.4. The Hall–Kier alpha value is -0.123. The Labute approximate surface area is 115 Å². The van der Waals surface area contributed by atoms with Gasteiger partial charge in [0.2, 0.25) is 0 Å². The minimum absolute atomic E-state index is 0.297. The summed E-state index contributed by atoms with van der Waals surface area (Å²) < 4.78 is 6.25. The van der Waals surface area contributed by atoms with E-state index < -0.39 is 8.32 Å². The van der Waals surface area contributed by atoms with E-state index in [0.29, 0.717) is 5.04 Å². The molecule has 0 spiro atoms. The Bertz CT molecular complexity index is 335. The van der Waals surface area contributed by atoms with E-state index in [9.17, 15) is 0 Å². The summed E-state index contributed by atoms with van der Waals surface area (Å²) in [7, 11) is -1.66. The lowest BCUT2D eigenvalue weighted by Crippen LogP contribution is -2.42. The molecule has 0 aliphatic heterocycles. The van der Waals surface area contributed by atoms with Crippen LogP contribution in [0.15, 0.2) is 30.3 Å². The van der Waals surface area contributed by atoms with Crippen LogP contribution < -0.4 is 0 Å². The van der Waals surface area contributed by atoms with Crippen molar-refractivity contribution < 1.29 is 4.43 Å². The average Bonchev–Trinajstić information content (AvgIpc) is 2.28. The Morgan fingerprint density at radius 3 is 2.29 bits per heavy atom. The van der Waals surface area contributed by atoms with E-state index in [1.807, 2.05) is 6.07 Å². The van der Waals surface area contributed by atoms with Crippen LogP contribution in [0, 0.1) is 0 Å². The largest absolute Gasteiger partial charge is 0.413 e. The highest BCUT2D eigenvalue weighted by Crippen LogP contribution is 2.41. The molecule has 0 aromatic heterocycles. The molecule has 96 valence electrons. The van der Waals surface area contributed by atoms with E-state index in [-0.39, 0.29) is 0 Å². The summed E-state index contributed by atoms with van der Waals surface area (Å²) in [5.74, 6) is 0. The van der Waals surface area contributed by atoms with Gasteiger partial charge < -0.3 is 4.43 Å². The number of alkyl halides is 1. The molecule has 3 heteroatoms. The Balaban J connectivity index is 2.61. The van der Waals surface area contributed by atoms with Crippen molar-refractivity contribution in [1.29, 1.82) is 0 Å². The third kappa shape index (κ3) is 4.23. The number of benzene rings is 1. The SMILES string of the molecule is CC(C)(CCBr)[Si](C)(C)OCc1ccccc1. The standard InChI is InChI=1S/C14H23BrOSi/c1-14(2,10-11-15)17(3,4)16-12-13-8-6-5-7-9-13/h5-9H,10-12H2,1-4H3. The van der Waals surface area contributed by atoms with Crippen LogP contribution >= 0.6 is 15.9 Å². The third-order valence-corrected chi connectivity index (χ3v) is 8.56. The van der Waals surface area contributed by atoms with E-state index in [2.05, 4.69) is 67.1 Å². The minimum Gasteiger partial charge on any atom is -0.413 e. The zero-order chi connectivity index (χ0) is 12.9. The lowest BCUT2D eigenvalue weighted by molar-refractivity contribution is 0.271. The molecule has 1 rings (SSSR count). The second-order valence-corrected chi connectivity index (χ2v) is 11.1. The van der Waals surface area contributed by atoms with Crippen LogP contribution in [0.2, 0.25) is 18.1 Å². The van der Waals surface area contributed by atoms with Crippen LogP contribution in [0.4, 0.5) is 0 Å². The molecular formula is C14H23BrOSi. The summed E-state index contributed by atoms with van der Waals surface area (Å²) in [6.07, 6.45) is 1.17. The zero-order valence-electron chi connectivity index (χ0n) is 11.3. The Kier molecular flexibility index (Phi) is 5.42. The number of hydrogen-bond donors (Lipinski definition) is 0. The Morgan fingerprint density at radius 1 is 1.18 bits per heavy atom. The summed E-state index contributed by atoms with van der Waals surface area (Å²) in [4.78, 5) is 0. The molecule has 0 fully saturated rings. The maximum Gasteiger partial charge on any atom is 0.192 e. The van der Waals surface area contributed by atoms with Gasteiger partial charge in [0.05, 0.1) is 6.61 Å². The number of halogens is 1. The highest BCUT2D eigenvalue weighted by Gasteiger charge is 2.40. The molecule has 0 aliphatic rings. The highest BCUT2D eigenvalue weighted by atomic mass is 79.9. The molecule has 1 aromatic rings. The third-order valence-electron chi connectivity index (χ3n) is 3.79. The lowest BCUT2D eigenvalue weighted by Gasteiger charge is -2.39. The maximum absolute atomic E-state index is 6.25. The first-order valence-electron chi connectivity index (χ1n) is 6.13. The minimum atomic E-state index is -1.66. The van der Waals surface area contributed by atoms with Crippen LogP contribution in [-0.4, -0.2) is 13.6 Å². The quantitative estimate of drug-likeness (QED) is 0.532. The number of hydrogen-bond acceptors (Lipinski definition) is 1. The summed E-state index contributed by atoms with van der Waals surface area (Å²) in [6.45, 7) is 10.0. The summed E-state index contributed by atoms with van der Waals surface area (Å²) >= 11 is 3.54. The van der Waals surface area contributed by atoms with Gasteiger partial charge >= 0.3 is 0 Å². The molecule has 0 saturated carbocycles. The molecule has 0 amide bonds. The van der Waals surface area contributed by atoms with Gasteiger partial charge in [0.15, 0.2) is 8.32 Å².